The Bertz CT molecular complexity index is 1160. The number of piperazine rings is 1. The van der Waals surface area contributed by atoms with Crippen molar-refractivity contribution in [2.75, 3.05) is 43.5 Å². The van der Waals surface area contributed by atoms with Gasteiger partial charge in [0.15, 0.2) is 0 Å². The fourth-order valence-corrected chi connectivity index (χ4v) is 4.00. The monoisotopic (exact) mass is 490 g/mol. The van der Waals surface area contributed by atoms with Crippen molar-refractivity contribution in [3.8, 4) is 5.75 Å². The zero-order valence-electron chi connectivity index (χ0n) is 18.3. The molecule has 0 aliphatic carbocycles. The molecule has 34 heavy (non-hydrogen) atoms. The average molecular weight is 491 g/mol. The molecule has 0 saturated carbocycles. The van der Waals surface area contributed by atoms with E-state index in [0.29, 0.717) is 37.4 Å². The van der Waals surface area contributed by atoms with Crippen LogP contribution in [0.15, 0.2) is 60.8 Å². The number of ether oxygens (including phenoxy) is 1. The first-order valence-corrected chi connectivity index (χ1v) is 10.9. The summed E-state index contributed by atoms with van der Waals surface area (Å²) < 4.78 is 43.8. The van der Waals surface area contributed by atoms with Gasteiger partial charge in [-0.05, 0) is 42.5 Å². The summed E-state index contributed by atoms with van der Waals surface area (Å²) >= 11 is 6.08. The first kappa shape index (κ1) is 23.7. The second-order valence-electron chi connectivity index (χ2n) is 7.71. The van der Waals surface area contributed by atoms with Crippen LogP contribution in [-0.2, 0) is 6.18 Å². The summed E-state index contributed by atoms with van der Waals surface area (Å²) in [6, 6.07) is 15.5. The number of pyridine rings is 1. The van der Waals surface area contributed by atoms with E-state index in [1.54, 1.807) is 29.0 Å². The third-order valence-corrected chi connectivity index (χ3v) is 5.82. The maximum absolute atomic E-state index is 13.3. The first-order chi connectivity index (χ1) is 16.3. The molecule has 0 spiro atoms. The molecular weight excluding hydrogens is 469 g/mol. The molecule has 3 aromatic rings. The highest BCUT2D eigenvalue weighted by atomic mass is 35.5. The van der Waals surface area contributed by atoms with Crippen molar-refractivity contribution in [1.82, 2.24) is 9.88 Å². The lowest BCUT2D eigenvalue weighted by molar-refractivity contribution is -0.137. The van der Waals surface area contributed by atoms with Crippen LogP contribution in [0.1, 0.15) is 15.9 Å². The van der Waals surface area contributed by atoms with Crippen molar-refractivity contribution >= 4 is 34.7 Å². The van der Waals surface area contributed by atoms with Gasteiger partial charge in [-0.1, -0.05) is 23.7 Å². The number of amides is 1. The van der Waals surface area contributed by atoms with Crippen molar-refractivity contribution < 1.29 is 22.7 Å². The number of alkyl halides is 3. The zero-order chi connectivity index (χ0) is 24.3. The molecule has 0 atom stereocenters. The van der Waals surface area contributed by atoms with Crippen LogP contribution in [0.5, 0.6) is 5.75 Å². The van der Waals surface area contributed by atoms with Gasteiger partial charge < -0.3 is 19.9 Å². The number of hydrogen-bond acceptors (Lipinski definition) is 5. The molecule has 1 saturated heterocycles. The van der Waals surface area contributed by atoms with Gasteiger partial charge in [0, 0.05) is 38.1 Å². The second kappa shape index (κ2) is 9.80. The van der Waals surface area contributed by atoms with Gasteiger partial charge in [0.1, 0.15) is 11.6 Å². The van der Waals surface area contributed by atoms with Gasteiger partial charge >= 0.3 is 6.18 Å². The van der Waals surface area contributed by atoms with Gasteiger partial charge in [-0.3, -0.25) is 4.79 Å². The predicted octanol–water partition coefficient (Wildman–Crippen LogP) is 5.47. The Morgan fingerprint density at radius 3 is 2.35 bits per heavy atom. The topological polar surface area (TPSA) is 57.7 Å². The number of carbonyl (C=O) groups excluding carboxylic acids is 1. The maximum Gasteiger partial charge on any atom is 0.417 e. The van der Waals surface area contributed by atoms with E-state index in [-0.39, 0.29) is 16.7 Å². The van der Waals surface area contributed by atoms with Gasteiger partial charge in [0.2, 0.25) is 0 Å². The third kappa shape index (κ3) is 5.20. The normalized spacial score (nSPS) is 14.1. The van der Waals surface area contributed by atoms with Crippen molar-refractivity contribution in [2.24, 2.45) is 0 Å². The number of para-hydroxylation sites is 1. The summed E-state index contributed by atoms with van der Waals surface area (Å²) in [6.07, 6.45) is -3.73. The number of rotatable bonds is 5. The summed E-state index contributed by atoms with van der Waals surface area (Å²) in [5.41, 5.74) is 1.12. The number of nitrogens with zero attached hydrogens (tertiary/aromatic N) is 3. The van der Waals surface area contributed by atoms with Gasteiger partial charge in [0.05, 0.1) is 28.9 Å². The summed E-state index contributed by atoms with van der Waals surface area (Å²) in [5, 5.41) is 3.20. The van der Waals surface area contributed by atoms with Crippen LogP contribution in [0.3, 0.4) is 0 Å². The molecule has 10 heteroatoms. The third-order valence-electron chi connectivity index (χ3n) is 5.54. The lowest BCUT2D eigenvalue weighted by Gasteiger charge is -2.36. The Morgan fingerprint density at radius 1 is 1.06 bits per heavy atom. The number of nitrogens with one attached hydrogen (secondary N) is 1. The molecule has 1 aliphatic heterocycles. The fraction of sp³-hybridized carbons (Fsp3) is 0.250. The molecule has 0 bridgehead atoms. The van der Waals surface area contributed by atoms with Gasteiger partial charge in [-0.15, -0.1) is 0 Å². The molecule has 0 unspecified atom stereocenters. The Labute approximate surface area is 199 Å². The number of benzene rings is 2. The molecule has 2 heterocycles. The minimum atomic E-state index is -4.51. The maximum atomic E-state index is 13.3. The molecule has 1 N–H and O–H groups in total. The van der Waals surface area contributed by atoms with Crippen LogP contribution in [0.25, 0.3) is 0 Å². The smallest absolute Gasteiger partial charge is 0.417 e. The molecule has 6 nitrogen and oxygen atoms in total. The number of anilines is 3. The molecule has 178 valence electrons. The Balaban J connectivity index is 1.44. The van der Waals surface area contributed by atoms with Crippen LogP contribution in [0.4, 0.5) is 30.4 Å². The van der Waals surface area contributed by atoms with E-state index in [1.807, 2.05) is 36.4 Å². The number of aromatic nitrogens is 1. The van der Waals surface area contributed by atoms with E-state index in [2.05, 4.69) is 10.3 Å². The largest absolute Gasteiger partial charge is 0.497 e. The zero-order valence-corrected chi connectivity index (χ0v) is 19.0. The number of carbonyl (C=O) groups is 1. The minimum Gasteiger partial charge on any atom is -0.497 e. The summed E-state index contributed by atoms with van der Waals surface area (Å²) in [5.74, 6) is 0.876. The van der Waals surface area contributed by atoms with E-state index in [1.165, 1.54) is 0 Å². The quantitative estimate of drug-likeness (QED) is 0.514. The molecular formula is C24H22ClF3N4O2. The van der Waals surface area contributed by atoms with Crippen LogP contribution in [0.2, 0.25) is 5.02 Å². The van der Waals surface area contributed by atoms with Crippen LogP contribution < -0.4 is 15.0 Å². The second-order valence-corrected chi connectivity index (χ2v) is 8.11. The lowest BCUT2D eigenvalue weighted by atomic mass is 10.1. The standard InChI is InChI=1S/C24H22ClF3N4O2/c1-34-18-8-6-17(7-9-18)30-21-5-3-2-4-19(21)23(33)32-12-10-31(11-13-32)22-20(25)14-16(15-29-22)24(26,27)28/h2-9,14-15,30H,10-13H2,1H3. The fourth-order valence-electron chi connectivity index (χ4n) is 3.72. The molecule has 1 fully saturated rings. The first-order valence-electron chi connectivity index (χ1n) is 10.5. The highest BCUT2D eigenvalue weighted by Crippen LogP contribution is 2.34. The van der Waals surface area contributed by atoms with E-state index in [9.17, 15) is 18.0 Å². The van der Waals surface area contributed by atoms with E-state index in [4.69, 9.17) is 16.3 Å². The Kier molecular flexibility index (Phi) is 6.83. The predicted molar refractivity (Wildman–Crippen MR) is 125 cm³/mol. The van der Waals surface area contributed by atoms with Gasteiger partial charge in [-0.2, -0.15) is 13.2 Å². The van der Waals surface area contributed by atoms with Crippen molar-refractivity contribution in [1.29, 1.82) is 0 Å². The van der Waals surface area contributed by atoms with Crippen molar-refractivity contribution in [3.63, 3.8) is 0 Å². The summed E-state index contributed by atoms with van der Waals surface area (Å²) in [6.45, 7) is 1.57. The Hall–Kier alpha value is -3.46. The van der Waals surface area contributed by atoms with Crippen molar-refractivity contribution in [2.45, 2.75) is 6.18 Å². The molecule has 1 amide bonds. The van der Waals surface area contributed by atoms with E-state index in [0.717, 1.165) is 23.7 Å². The molecule has 0 radical (unpaired) electrons. The van der Waals surface area contributed by atoms with Crippen molar-refractivity contribution in [3.05, 3.63) is 76.9 Å². The molecule has 1 aliphatic rings. The van der Waals surface area contributed by atoms with E-state index >= 15 is 0 Å². The van der Waals surface area contributed by atoms with Gasteiger partial charge in [-0.25, -0.2) is 4.98 Å². The minimum absolute atomic E-state index is 0.0661. The Morgan fingerprint density at radius 2 is 1.74 bits per heavy atom. The summed E-state index contributed by atoms with van der Waals surface area (Å²) in [7, 11) is 1.59. The van der Waals surface area contributed by atoms with Gasteiger partial charge in [0.25, 0.3) is 5.91 Å². The molecule has 2 aromatic carbocycles. The average Bonchev–Trinajstić information content (AvgIpc) is 2.84. The lowest BCUT2D eigenvalue weighted by Crippen LogP contribution is -2.49. The van der Waals surface area contributed by atoms with Crippen LogP contribution in [-0.4, -0.2) is 49.1 Å². The highest BCUT2D eigenvalue weighted by Gasteiger charge is 2.32. The van der Waals surface area contributed by atoms with E-state index < -0.39 is 11.7 Å². The SMILES string of the molecule is COc1ccc(Nc2ccccc2C(=O)N2CCN(c3ncc(C(F)(F)F)cc3Cl)CC2)cc1. The molecule has 1 aromatic heterocycles. The van der Waals surface area contributed by atoms with Crippen LogP contribution in [0, 0.1) is 0 Å². The van der Waals surface area contributed by atoms with Crippen LogP contribution >= 0.6 is 11.6 Å². The highest BCUT2D eigenvalue weighted by molar-refractivity contribution is 6.33. The molecule has 4 rings (SSSR count). The number of hydrogen-bond donors (Lipinski definition) is 1. The number of methoxy groups -OCH3 is 1. The summed E-state index contributed by atoms with van der Waals surface area (Å²) in [4.78, 5) is 20.7. The number of halogens is 4.